The van der Waals surface area contributed by atoms with Crippen molar-refractivity contribution in [1.29, 1.82) is 0 Å². The summed E-state index contributed by atoms with van der Waals surface area (Å²) < 4.78 is 32.8. The molecule has 0 spiro atoms. The summed E-state index contributed by atoms with van der Waals surface area (Å²) in [4.78, 5) is 0. The molecule has 0 radical (unpaired) electrons. The van der Waals surface area contributed by atoms with Gasteiger partial charge in [0.2, 0.25) is 5.75 Å². The van der Waals surface area contributed by atoms with E-state index in [9.17, 15) is 4.21 Å². The fourth-order valence-electron chi connectivity index (χ4n) is 1.12. The van der Waals surface area contributed by atoms with E-state index >= 15 is 0 Å². The van der Waals surface area contributed by atoms with E-state index in [2.05, 4.69) is 6.58 Å². The van der Waals surface area contributed by atoms with Crippen LogP contribution in [0.25, 0.3) is 0 Å². The molecule has 7 heteroatoms. The number of benzene rings is 1. The molecule has 0 heterocycles. The minimum absolute atomic E-state index is 0. The van der Waals surface area contributed by atoms with E-state index in [0.717, 1.165) is 0 Å². The maximum Gasteiger partial charge on any atom is 1.00 e. The van der Waals surface area contributed by atoms with Gasteiger partial charge in [-0.2, -0.15) is 0 Å². The van der Waals surface area contributed by atoms with Gasteiger partial charge in [0, 0.05) is 0 Å². The predicted octanol–water partition coefficient (Wildman–Crippen LogP) is -0.777. The summed E-state index contributed by atoms with van der Waals surface area (Å²) in [5.41, 5.74) is 0. The minimum Gasteiger partial charge on any atom is -1.00 e. The molecule has 19 heavy (non-hydrogen) atoms. The van der Waals surface area contributed by atoms with E-state index in [4.69, 9.17) is 18.8 Å². The van der Waals surface area contributed by atoms with Crippen LogP contribution in [0.1, 0.15) is 1.43 Å². The molecule has 0 fully saturated rings. The minimum atomic E-state index is -1.68. The fraction of sp³-hybridized carbons (Fsp3) is 0.333. The molecule has 5 nitrogen and oxygen atoms in total. The molecule has 1 unspecified atom stereocenters. The molecule has 0 aliphatic carbocycles. The van der Waals surface area contributed by atoms with Gasteiger partial charge in [0.25, 0.3) is 0 Å². The molecule has 0 aliphatic rings. The average molecular weight is 298 g/mol. The average Bonchev–Trinajstić information content (AvgIpc) is 2.38. The van der Waals surface area contributed by atoms with Crippen LogP contribution >= 0.6 is 0 Å². The molecule has 0 bridgehead atoms. The Balaban J connectivity index is -0.000000316. The Morgan fingerprint density at radius 1 is 1.26 bits per heavy atom. The zero-order valence-electron chi connectivity index (χ0n) is 12.7. The van der Waals surface area contributed by atoms with Crippen molar-refractivity contribution in [1.82, 2.24) is 0 Å². The van der Waals surface area contributed by atoms with Crippen LogP contribution in [0.15, 0.2) is 30.9 Å². The summed E-state index contributed by atoms with van der Waals surface area (Å²) in [6, 6.07) is 5.49. The number of rotatable bonds is 5. The number of hydrogen-bond donors (Lipinski definition) is 1. The Labute approximate surface area is 140 Å². The molecule has 1 atom stereocenters. The van der Waals surface area contributed by atoms with Crippen LogP contribution in [0.3, 0.4) is 0 Å². The van der Waals surface area contributed by atoms with Crippen molar-refractivity contribution < 1.29 is 54.0 Å². The van der Waals surface area contributed by atoms with Gasteiger partial charge in [0.05, 0.1) is 27.1 Å². The molecule has 0 amide bonds. The van der Waals surface area contributed by atoms with Crippen LogP contribution in [-0.2, 0) is 11.1 Å². The van der Waals surface area contributed by atoms with Gasteiger partial charge in [-0.05, 0) is 12.1 Å². The topological polar surface area (TPSA) is 65.0 Å². The first-order chi connectivity index (χ1) is 8.60. The Morgan fingerprint density at radius 2 is 1.74 bits per heavy atom. The van der Waals surface area contributed by atoms with Crippen molar-refractivity contribution >= 4 is 11.1 Å². The van der Waals surface area contributed by atoms with Crippen molar-refractivity contribution in [2.24, 2.45) is 0 Å². The Morgan fingerprint density at radius 3 is 1.95 bits per heavy atom. The summed E-state index contributed by atoms with van der Waals surface area (Å²) in [5.74, 6) is 2.15. The normalized spacial score (nSPS) is 10.1. The Bertz CT molecular complexity index is 381. The molecule has 0 aliphatic heterocycles. The second-order valence-electron chi connectivity index (χ2n) is 2.97. The van der Waals surface area contributed by atoms with E-state index in [1.165, 1.54) is 6.08 Å². The smallest absolute Gasteiger partial charge is 1.00 e. The van der Waals surface area contributed by atoms with Crippen LogP contribution in [0.2, 0.25) is 0 Å². The van der Waals surface area contributed by atoms with Crippen molar-refractivity contribution in [3.63, 3.8) is 0 Å². The quantitative estimate of drug-likeness (QED) is 0.439. The first-order valence-corrected chi connectivity index (χ1v) is 6.31. The second-order valence-corrected chi connectivity index (χ2v) is 3.95. The first-order valence-electron chi connectivity index (χ1n) is 5.04. The Hall–Kier alpha value is -0.530. The van der Waals surface area contributed by atoms with Gasteiger partial charge in [-0.15, -0.1) is 6.58 Å². The summed E-state index contributed by atoms with van der Waals surface area (Å²) in [7, 11) is 4.77. The fourth-order valence-corrected chi connectivity index (χ4v) is 1.32. The van der Waals surface area contributed by atoms with Crippen molar-refractivity contribution in [2.45, 2.75) is 0 Å². The van der Waals surface area contributed by atoms with Gasteiger partial charge in [-0.1, -0.05) is 12.1 Å². The number of methoxy groups -OCH3 is 3. The molecule has 1 aromatic carbocycles. The van der Waals surface area contributed by atoms with Crippen LogP contribution in [-0.4, -0.2) is 35.8 Å². The molecule has 0 saturated heterocycles. The zero-order chi connectivity index (χ0) is 14.0. The van der Waals surface area contributed by atoms with E-state index in [1.807, 2.05) is 18.2 Å². The molecule has 104 valence electrons. The molecule has 1 aromatic rings. The standard InChI is InChI=1S/C9H12O3.C3H6O2S.Na.H/c1-10-7-5-4-6-8(11-2)9(7)12-3;1-2-3-6(4)5;;/h4-6H,1-3H3;2H,1,3H2,(H,4,5);;/q;;+1;-1. The van der Waals surface area contributed by atoms with Crippen LogP contribution in [0, 0.1) is 0 Å². The number of para-hydroxylation sites is 1. The maximum absolute atomic E-state index is 9.64. The van der Waals surface area contributed by atoms with Gasteiger partial charge >= 0.3 is 29.6 Å². The SMILES string of the molecule is C=CCS(=O)O.COc1cccc(OC)c1OC.[H-].[Na+]. The van der Waals surface area contributed by atoms with Gasteiger partial charge in [0.15, 0.2) is 22.6 Å². The first kappa shape index (κ1) is 20.8. The number of ether oxygens (including phenoxy) is 3. The van der Waals surface area contributed by atoms with Crippen molar-refractivity contribution in [2.75, 3.05) is 27.1 Å². The molecule has 0 saturated carbocycles. The zero-order valence-corrected chi connectivity index (χ0v) is 14.5. The third kappa shape index (κ3) is 8.28. The van der Waals surface area contributed by atoms with Gasteiger partial charge in [0.1, 0.15) is 0 Å². The van der Waals surface area contributed by atoms with Crippen molar-refractivity contribution in [3.05, 3.63) is 30.9 Å². The van der Waals surface area contributed by atoms with Gasteiger partial charge in [-0.3, -0.25) is 0 Å². The van der Waals surface area contributed by atoms with E-state index < -0.39 is 11.1 Å². The molecule has 1 N–H and O–H groups in total. The number of hydrogen-bond acceptors (Lipinski definition) is 4. The molecular formula is C12H19NaO5S. The molecule has 0 aromatic heterocycles. The van der Waals surface area contributed by atoms with Crippen molar-refractivity contribution in [3.8, 4) is 17.2 Å². The largest absolute Gasteiger partial charge is 1.00 e. The van der Waals surface area contributed by atoms with Gasteiger partial charge < -0.3 is 20.2 Å². The second kappa shape index (κ2) is 12.5. The third-order valence-corrected chi connectivity index (χ3v) is 2.37. The Kier molecular flexibility index (Phi) is 13.7. The summed E-state index contributed by atoms with van der Waals surface area (Å²) >= 11 is -1.68. The van der Waals surface area contributed by atoms with Gasteiger partial charge in [-0.25, -0.2) is 4.21 Å². The summed E-state index contributed by atoms with van der Waals surface area (Å²) in [6.45, 7) is 3.25. The molecule has 1 rings (SSSR count). The monoisotopic (exact) mass is 298 g/mol. The van der Waals surface area contributed by atoms with Crippen LogP contribution in [0.5, 0.6) is 17.2 Å². The van der Waals surface area contributed by atoms with E-state index in [0.29, 0.717) is 17.2 Å². The summed E-state index contributed by atoms with van der Waals surface area (Å²) in [5, 5.41) is 0. The molecular weight excluding hydrogens is 279 g/mol. The maximum atomic E-state index is 9.64. The third-order valence-electron chi connectivity index (χ3n) is 1.85. The van der Waals surface area contributed by atoms with Crippen LogP contribution < -0.4 is 43.8 Å². The summed E-state index contributed by atoms with van der Waals surface area (Å²) in [6.07, 6.45) is 1.40. The predicted molar refractivity (Wildman–Crippen MR) is 73.0 cm³/mol. The van der Waals surface area contributed by atoms with E-state index in [1.54, 1.807) is 21.3 Å². The van der Waals surface area contributed by atoms with Crippen LogP contribution in [0.4, 0.5) is 0 Å². The van der Waals surface area contributed by atoms with E-state index in [-0.39, 0.29) is 36.7 Å².